The van der Waals surface area contributed by atoms with E-state index >= 15 is 0 Å². The number of halogens is 9. The maximum Gasteiger partial charge on any atom is 0.461 e. The molecule has 0 aliphatic heterocycles. The molecule has 1 aromatic heterocycles. The molecule has 0 saturated heterocycles. The number of hydrogen-bond donors (Lipinski definition) is 2. The fourth-order valence-electron chi connectivity index (χ4n) is 3.97. The molecular formula is C26H24ClF8N5O2S. The van der Waals surface area contributed by atoms with Gasteiger partial charge in [-0.25, -0.2) is 9.67 Å². The molecule has 0 spiro atoms. The van der Waals surface area contributed by atoms with Crippen molar-refractivity contribution in [1.82, 2.24) is 20.1 Å². The summed E-state index contributed by atoms with van der Waals surface area (Å²) in [6.45, 7) is 4.10. The summed E-state index contributed by atoms with van der Waals surface area (Å²) in [5, 5.41) is 8.25. The molecule has 3 aromatic rings. The third-order valence-electron chi connectivity index (χ3n) is 5.88. The predicted octanol–water partition coefficient (Wildman–Crippen LogP) is 7.08. The molecule has 17 heteroatoms. The van der Waals surface area contributed by atoms with Crippen molar-refractivity contribution in [2.45, 2.75) is 51.1 Å². The van der Waals surface area contributed by atoms with Gasteiger partial charge in [0.1, 0.15) is 0 Å². The van der Waals surface area contributed by atoms with Gasteiger partial charge in [-0.15, -0.1) is 5.10 Å². The minimum absolute atomic E-state index is 0.00897. The lowest BCUT2D eigenvalue weighted by Gasteiger charge is -2.26. The number of alkyl halides is 8. The minimum atomic E-state index is -6.23. The number of nitrogens with one attached hydrogen (secondary N) is 2. The molecule has 43 heavy (non-hydrogen) atoms. The van der Waals surface area contributed by atoms with Crippen molar-refractivity contribution >= 4 is 40.9 Å². The number of aryl methyl sites for hydroxylation is 1. The Balaban J connectivity index is 1.90. The monoisotopic (exact) mass is 657 g/mol. The number of nitrogens with zero attached hydrogens (tertiary/aromatic N) is 3. The van der Waals surface area contributed by atoms with Gasteiger partial charge in [-0.3, -0.25) is 9.59 Å². The van der Waals surface area contributed by atoms with Gasteiger partial charge in [0.15, 0.2) is 0 Å². The topological polar surface area (TPSA) is 88.9 Å². The first-order valence-electron chi connectivity index (χ1n) is 12.2. The molecule has 2 amide bonds. The average Bonchev–Trinajstić information content (AvgIpc) is 3.29. The van der Waals surface area contributed by atoms with Crippen LogP contribution < -0.4 is 10.6 Å². The number of rotatable bonds is 9. The van der Waals surface area contributed by atoms with Gasteiger partial charge < -0.3 is 10.6 Å². The highest BCUT2D eigenvalue weighted by Gasteiger charge is 2.62. The number of anilines is 1. The first-order chi connectivity index (χ1) is 19.7. The van der Waals surface area contributed by atoms with Gasteiger partial charge in [-0.1, -0.05) is 29.8 Å². The van der Waals surface area contributed by atoms with Crippen LogP contribution in [0.2, 0.25) is 5.02 Å². The van der Waals surface area contributed by atoms with Crippen LogP contribution >= 0.6 is 23.4 Å². The Morgan fingerprint density at radius 2 is 1.65 bits per heavy atom. The van der Waals surface area contributed by atoms with Crippen molar-refractivity contribution in [2.24, 2.45) is 0 Å². The minimum Gasteiger partial charge on any atom is -0.346 e. The fraction of sp³-hybridized carbons (Fsp3) is 0.385. The standard InChI is InChI=1S/C26H24ClF8N5O2S/c1-13-10-14(11-40-22(24(28,29)26(33,34)35)37-21(39-40)25(30,31)32)8-9-17(13)36-19(41)15-6-5-7-16(27)18(15)20(42)38-23(2,3)12-43-4/h5-10H,11-12H2,1-4H3,(H,36,41)(H,38,42). The van der Waals surface area contributed by atoms with Crippen LogP contribution in [0.1, 0.15) is 57.3 Å². The van der Waals surface area contributed by atoms with E-state index in [2.05, 4.69) is 20.7 Å². The normalized spacial score (nSPS) is 12.8. The average molecular weight is 658 g/mol. The van der Waals surface area contributed by atoms with Gasteiger partial charge in [0, 0.05) is 17.0 Å². The maximum atomic E-state index is 14.0. The van der Waals surface area contributed by atoms with E-state index in [1.807, 2.05) is 6.26 Å². The van der Waals surface area contributed by atoms with Crippen LogP contribution in [0.3, 0.4) is 0 Å². The second kappa shape index (κ2) is 12.3. The molecule has 0 aliphatic rings. The number of carbonyl (C=O) groups excluding carboxylic acids is 2. The highest BCUT2D eigenvalue weighted by atomic mass is 35.5. The van der Waals surface area contributed by atoms with E-state index < -0.39 is 53.8 Å². The van der Waals surface area contributed by atoms with Gasteiger partial charge >= 0.3 is 18.3 Å². The summed E-state index contributed by atoms with van der Waals surface area (Å²) in [6.07, 6.45) is -9.75. The van der Waals surface area contributed by atoms with E-state index in [0.29, 0.717) is 5.75 Å². The molecule has 2 aromatic carbocycles. The lowest BCUT2D eigenvalue weighted by atomic mass is 10.0. The van der Waals surface area contributed by atoms with E-state index in [1.165, 1.54) is 55.1 Å². The van der Waals surface area contributed by atoms with Crippen LogP contribution in [-0.2, 0) is 18.6 Å². The molecule has 0 fully saturated rings. The molecule has 234 valence electrons. The quantitative estimate of drug-likeness (QED) is 0.240. The Kier molecular flexibility index (Phi) is 9.76. The van der Waals surface area contributed by atoms with Gasteiger partial charge in [0.05, 0.1) is 22.7 Å². The molecule has 0 aliphatic carbocycles. The summed E-state index contributed by atoms with van der Waals surface area (Å²) >= 11 is 7.75. The van der Waals surface area contributed by atoms with Crippen LogP contribution in [0.25, 0.3) is 0 Å². The van der Waals surface area contributed by atoms with Crippen molar-refractivity contribution in [3.8, 4) is 0 Å². The van der Waals surface area contributed by atoms with Crippen molar-refractivity contribution in [1.29, 1.82) is 0 Å². The molecule has 3 rings (SSSR count). The van der Waals surface area contributed by atoms with Crippen molar-refractivity contribution in [2.75, 3.05) is 17.3 Å². The first-order valence-corrected chi connectivity index (χ1v) is 13.9. The number of amides is 2. The molecule has 7 nitrogen and oxygen atoms in total. The molecular weight excluding hydrogens is 634 g/mol. The zero-order valence-electron chi connectivity index (χ0n) is 22.8. The van der Waals surface area contributed by atoms with Crippen LogP contribution in [0.5, 0.6) is 0 Å². The third-order valence-corrected chi connectivity index (χ3v) is 7.20. The molecule has 0 unspecified atom stereocenters. The highest BCUT2D eigenvalue weighted by molar-refractivity contribution is 7.98. The lowest BCUT2D eigenvalue weighted by Crippen LogP contribution is -2.46. The Labute approximate surface area is 249 Å². The Bertz CT molecular complexity index is 1520. The van der Waals surface area contributed by atoms with E-state index in [4.69, 9.17) is 11.6 Å². The number of aromatic nitrogens is 3. The number of carbonyl (C=O) groups is 2. The Hall–Kier alpha value is -3.40. The molecule has 0 bridgehead atoms. The van der Waals surface area contributed by atoms with E-state index in [0.717, 1.165) is 0 Å². The molecule has 0 saturated carbocycles. The number of thioether (sulfide) groups is 1. The SMILES string of the molecule is CSCC(C)(C)NC(=O)c1c(Cl)cccc1C(=O)Nc1ccc(Cn2nc(C(F)(F)F)nc2C(F)(F)C(F)(F)F)cc1C. The zero-order valence-corrected chi connectivity index (χ0v) is 24.4. The zero-order chi connectivity index (χ0) is 32.5. The molecule has 2 N–H and O–H groups in total. The van der Waals surface area contributed by atoms with E-state index in [9.17, 15) is 44.7 Å². The van der Waals surface area contributed by atoms with Gasteiger partial charge in [0.2, 0.25) is 5.82 Å². The summed E-state index contributed by atoms with van der Waals surface area (Å²) in [6, 6.07) is 7.95. The van der Waals surface area contributed by atoms with E-state index in [-0.39, 0.29) is 37.6 Å². The Morgan fingerprint density at radius 1 is 1.00 bits per heavy atom. The predicted molar refractivity (Wildman–Crippen MR) is 145 cm³/mol. The number of hydrogen-bond acceptors (Lipinski definition) is 5. The maximum absolute atomic E-state index is 14.0. The fourth-order valence-corrected chi connectivity index (χ4v) is 5.02. The largest absolute Gasteiger partial charge is 0.461 e. The summed E-state index contributed by atoms with van der Waals surface area (Å²) in [7, 11) is 0. The molecule has 1 heterocycles. The highest BCUT2D eigenvalue weighted by Crippen LogP contribution is 2.44. The molecule has 0 radical (unpaired) electrons. The second-order valence-electron chi connectivity index (χ2n) is 10.0. The third kappa shape index (κ3) is 7.77. The first kappa shape index (κ1) is 34.1. The summed E-state index contributed by atoms with van der Waals surface area (Å²) < 4.78 is 106. The lowest BCUT2D eigenvalue weighted by molar-refractivity contribution is -0.293. The van der Waals surface area contributed by atoms with Crippen LogP contribution in [0.15, 0.2) is 36.4 Å². The summed E-state index contributed by atoms with van der Waals surface area (Å²) in [5.41, 5.74) is -0.402. The second-order valence-corrected chi connectivity index (χ2v) is 11.3. The summed E-state index contributed by atoms with van der Waals surface area (Å²) in [4.78, 5) is 28.7. The Morgan fingerprint density at radius 3 is 2.21 bits per heavy atom. The van der Waals surface area contributed by atoms with E-state index in [1.54, 1.807) is 13.8 Å². The van der Waals surface area contributed by atoms with Gasteiger partial charge in [-0.2, -0.15) is 46.9 Å². The van der Waals surface area contributed by atoms with Crippen LogP contribution in [-0.4, -0.2) is 50.3 Å². The molecule has 0 atom stereocenters. The van der Waals surface area contributed by atoms with Crippen LogP contribution in [0.4, 0.5) is 40.8 Å². The van der Waals surface area contributed by atoms with Gasteiger partial charge in [-0.05, 0) is 56.4 Å². The smallest absolute Gasteiger partial charge is 0.346 e. The summed E-state index contributed by atoms with van der Waals surface area (Å²) in [5.74, 6) is -10.9. The van der Waals surface area contributed by atoms with Crippen LogP contribution in [0, 0.1) is 6.92 Å². The number of benzene rings is 2. The van der Waals surface area contributed by atoms with Crippen molar-refractivity contribution in [3.05, 3.63) is 75.3 Å². The van der Waals surface area contributed by atoms with Crippen molar-refractivity contribution < 1.29 is 44.7 Å². The van der Waals surface area contributed by atoms with Crippen molar-refractivity contribution in [3.63, 3.8) is 0 Å². The van der Waals surface area contributed by atoms with Gasteiger partial charge in [0.25, 0.3) is 17.6 Å².